The van der Waals surface area contributed by atoms with Crippen LogP contribution in [0.3, 0.4) is 0 Å². The number of rotatable bonds is 7. The van der Waals surface area contributed by atoms with Gasteiger partial charge in [-0.1, -0.05) is 12.1 Å². The van der Waals surface area contributed by atoms with E-state index in [1.54, 1.807) is 60.7 Å². The highest BCUT2D eigenvalue weighted by Crippen LogP contribution is 2.31. The van der Waals surface area contributed by atoms with Crippen molar-refractivity contribution >= 4 is 29.4 Å². The fourth-order valence-electron chi connectivity index (χ4n) is 4.33. The fourth-order valence-corrected chi connectivity index (χ4v) is 4.33. The molecule has 3 amide bonds. The van der Waals surface area contributed by atoms with Crippen LogP contribution in [0.25, 0.3) is 0 Å². The van der Waals surface area contributed by atoms with Gasteiger partial charge in [-0.15, -0.1) is 0 Å². The lowest BCUT2D eigenvalue weighted by Gasteiger charge is -2.17. The number of carbonyl (C=O) groups excluding carboxylic acids is 4. The van der Waals surface area contributed by atoms with E-state index in [4.69, 9.17) is 14.2 Å². The zero-order valence-electron chi connectivity index (χ0n) is 20.1. The van der Waals surface area contributed by atoms with Crippen LogP contribution in [0.4, 0.5) is 5.69 Å². The molecule has 1 N–H and O–H groups in total. The van der Waals surface area contributed by atoms with E-state index in [0.717, 1.165) is 12.8 Å². The van der Waals surface area contributed by atoms with Crippen LogP contribution in [0.2, 0.25) is 0 Å². The van der Waals surface area contributed by atoms with Crippen molar-refractivity contribution in [2.24, 2.45) is 0 Å². The van der Waals surface area contributed by atoms with Gasteiger partial charge in [0.15, 0.2) is 0 Å². The van der Waals surface area contributed by atoms with Crippen LogP contribution in [-0.2, 0) is 9.53 Å². The van der Waals surface area contributed by atoms with Crippen LogP contribution in [0.15, 0.2) is 66.7 Å². The molecule has 0 aromatic heterocycles. The van der Waals surface area contributed by atoms with Gasteiger partial charge in [0.25, 0.3) is 17.7 Å². The molecule has 5 rings (SSSR count). The maximum absolute atomic E-state index is 12.9. The van der Waals surface area contributed by atoms with Crippen LogP contribution < -0.4 is 14.8 Å². The van der Waals surface area contributed by atoms with E-state index in [1.165, 1.54) is 17.9 Å². The molecule has 0 bridgehead atoms. The van der Waals surface area contributed by atoms with E-state index in [2.05, 4.69) is 5.32 Å². The third-order valence-electron chi connectivity index (χ3n) is 6.04. The van der Waals surface area contributed by atoms with E-state index in [1.807, 2.05) is 0 Å². The van der Waals surface area contributed by atoms with Crippen LogP contribution in [0, 0.1) is 0 Å². The predicted molar refractivity (Wildman–Crippen MR) is 133 cm³/mol. The topological polar surface area (TPSA) is 111 Å². The number of carbonyl (C=O) groups is 4. The van der Waals surface area contributed by atoms with Gasteiger partial charge in [0.1, 0.15) is 17.2 Å². The quantitative estimate of drug-likeness (QED) is 0.290. The van der Waals surface area contributed by atoms with Gasteiger partial charge >= 0.3 is 5.97 Å². The predicted octanol–water partition coefficient (Wildman–Crippen LogP) is 4.43. The summed E-state index contributed by atoms with van der Waals surface area (Å²) in [4.78, 5) is 50.8. The Kier molecular flexibility index (Phi) is 6.70. The monoisotopic (exact) mass is 500 g/mol. The number of ether oxygens (including phenoxy) is 3. The molecule has 0 saturated carbocycles. The normalized spacial score (nSPS) is 16.5. The molecule has 9 heteroatoms. The fraction of sp³-hybridized carbons (Fsp3) is 0.214. The van der Waals surface area contributed by atoms with E-state index in [0.29, 0.717) is 34.9 Å². The smallest absolute Gasteiger partial charge is 0.308 e. The highest BCUT2D eigenvalue weighted by molar-refractivity contribution is 6.21. The van der Waals surface area contributed by atoms with E-state index >= 15 is 0 Å². The lowest BCUT2D eigenvalue weighted by Crippen LogP contribution is -2.36. The summed E-state index contributed by atoms with van der Waals surface area (Å²) in [5, 5.41) is 2.78. The molecule has 1 fully saturated rings. The molecule has 0 spiro atoms. The third kappa shape index (κ3) is 5.36. The van der Waals surface area contributed by atoms with Crippen molar-refractivity contribution in [2.45, 2.75) is 25.9 Å². The molecule has 1 unspecified atom stereocenters. The Morgan fingerprint density at radius 2 is 1.70 bits per heavy atom. The summed E-state index contributed by atoms with van der Waals surface area (Å²) < 4.78 is 16.5. The van der Waals surface area contributed by atoms with Gasteiger partial charge in [0.2, 0.25) is 0 Å². The number of esters is 1. The molecular weight excluding hydrogens is 476 g/mol. The average Bonchev–Trinajstić information content (AvgIpc) is 3.47. The van der Waals surface area contributed by atoms with Crippen molar-refractivity contribution in [3.63, 3.8) is 0 Å². The Labute approximate surface area is 212 Å². The molecule has 9 nitrogen and oxygen atoms in total. The zero-order valence-corrected chi connectivity index (χ0v) is 20.1. The summed E-state index contributed by atoms with van der Waals surface area (Å²) in [7, 11) is 0. The summed E-state index contributed by atoms with van der Waals surface area (Å²) >= 11 is 0. The standard InChI is InChI=1S/C28H24N2O7/c1-17(31)36-20-7-2-5-18(13-20)26(32)29-19-6-3-8-21(14-19)37-22-10-11-24-25(15-22)28(34)30(27(24)33)16-23-9-4-12-35-23/h2-3,5-8,10-11,13-15,23H,4,9,12,16H2,1H3,(H,29,32). The first kappa shape index (κ1) is 24.2. The number of hydrogen-bond acceptors (Lipinski definition) is 7. The average molecular weight is 501 g/mol. The van der Waals surface area contributed by atoms with Crippen molar-refractivity contribution in [1.29, 1.82) is 0 Å². The molecule has 1 atom stereocenters. The van der Waals surface area contributed by atoms with Gasteiger partial charge in [-0.2, -0.15) is 0 Å². The van der Waals surface area contributed by atoms with Gasteiger partial charge in [0, 0.05) is 30.8 Å². The molecule has 37 heavy (non-hydrogen) atoms. The van der Waals surface area contributed by atoms with E-state index in [9.17, 15) is 19.2 Å². The van der Waals surface area contributed by atoms with E-state index in [-0.39, 0.29) is 41.7 Å². The lowest BCUT2D eigenvalue weighted by atomic mass is 10.1. The second-order valence-electron chi connectivity index (χ2n) is 8.77. The molecular formula is C28H24N2O7. The summed E-state index contributed by atoms with van der Waals surface area (Å²) in [6.07, 6.45) is 1.62. The lowest BCUT2D eigenvalue weighted by molar-refractivity contribution is -0.131. The highest BCUT2D eigenvalue weighted by Gasteiger charge is 2.37. The Morgan fingerprint density at radius 1 is 0.946 bits per heavy atom. The van der Waals surface area contributed by atoms with Crippen molar-refractivity contribution in [1.82, 2.24) is 4.90 Å². The number of benzene rings is 3. The minimum absolute atomic E-state index is 0.125. The summed E-state index contributed by atoms with van der Waals surface area (Å²) in [6, 6.07) is 17.8. The highest BCUT2D eigenvalue weighted by atomic mass is 16.5. The summed E-state index contributed by atoms with van der Waals surface area (Å²) in [5.41, 5.74) is 1.43. The van der Waals surface area contributed by atoms with Crippen molar-refractivity contribution in [3.05, 3.63) is 83.4 Å². The van der Waals surface area contributed by atoms with E-state index < -0.39 is 5.97 Å². The number of fused-ring (bicyclic) bond motifs is 1. The first-order valence-corrected chi connectivity index (χ1v) is 11.9. The molecule has 3 aromatic rings. The largest absolute Gasteiger partial charge is 0.457 e. The maximum Gasteiger partial charge on any atom is 0.308 e. The van der Waals surface area contributed by atoms with Crippen LogP contribution >= 0.6 is 0 Å². The summed E-state index contributed by atoms with van der Waals surface area (Å²) in [5.74, 6) is -0.468. The number of anilines is 1. The number of nitrogens with zero attached hydrogens (tertiary/aromatic N) is 1. The van der Waals surface area contributed by atoms with Crippen LogP contribution in [-0.4, -0.2) is 47.8 Å². The van der Waals surface area contributed by atoms with Gasteiger partial charge in [-0.25, -0.2) is 0 Å². The molecule has 0 radical (unpaired) electrons. The molecule has 3 aromatic carbocycles. The first-order chi connectivity index (χ1) is 17.9. The van der Waals surface area contributed by atoms with Crippen LogP contribution in [0.5, 0.6) is 17.2 Å². The Bertz CT molecular complexity index is 1390. The second kappa shape index (κ2) is 10.2. The molecule has 2 aliphatic heterocycles. The molecule has 2 heterocycles. The SMILES string of the molecule is CC(=O)Oc1cccc(C(=O)Nc2cccc(Oc3ccc4c(c3)C(=O)N(CC3CCCO3)C4=O)c2)c1. The van der Waals surface area contributed by atoms with Gasteiger partial charge in [0.05, 0.1) is 23.8 Å². The third-order valence-corrected chi connectivity index (χ3v) is 6.04. The maximum atomic E-state index is 12.9. The van der Waals surface area contributed by atoms with Crippen molar-refractivity contribution in [2.75, 3.05) is 18.5 Å². The van der Waals surface area contributed by atoms with Crippen LogP contribution in [0.1, 0.15) is 50.8 Å². The molecule has 2 aliphatic rings. The zero-order chi connectivity index (χ0) is 25.9. The number of imide groups is 1. The minimum Gasteiger partial charge on any atom is -0.457 e. The Morgan fingerprint density at radius 3 is 2.49 bits per heavy atom. The Balaban J connectivity index is 1.27. The number of amides is 3. The first-order valence-electron chi connectivity index (χ1n) is 11.9. The van der Waals surface area contributed by atoms with Crippen molar-refractivity contribution < 1.29 is 33.4 Å². The summed E-state index contributed by atoms with van der Waals surface area (Å²) in [6.45, 7) is 2.18. The number of nitrogens with one attached hydrogen (secondary N) is 1. The van der Waals surface area contributed by atoms with Gasteiger partial charge in [-0.3, -0.25) is 24.1 Å². The molecule has 188 valence electrons. The minimum atomic E-state index is -0.476. The van der Waals surface area contributed by atoms with Gasteiger partial charge < -0.3 is 19.5 Å². The second-order valence-corrected chi connectivity index (χ2v) is 8.77. The van der Waals surface area contributed by atoms with Crippen molar-refractivity contribution in [3.8, 4) is 17.2 Å². The molecule has 1 saturated heterocycles. The molecule has 0 aliphatic carbocycles. The van der Waals surface area contributed by atoms with Gasteiger partial charge in [-0.05, 0) is 61.4 Å². The Hall–Kier alpha value is -4.50. The number of hydrogen-bond donors (Lipinski definition) is 1.